The Morgan fingerprint density at radius 2 is 0.912 bits per heavy atom. The highest BCUT2D eigenvalue weighted by atomic mass is 31.2. The first kappa shape index (κ1) is 27.0. The van der Waals surface area contributed by atoms with E-state index in [1.807, 2.05) is 0 Å². The molecule has 0 saturated heterocycles. The SMILES string of the molecule is CC(C)(C)c1cc2c(c(C(C)(C)C)c1)O[P+](C)(O)Oc1c(cc(C(C)(C)C)cc1C(C)(C)C)C2. The lowest BCUT2D eigenvalue weighted by molar-refractivity contribution is 0.339. The Balaban J connectivity index is 2.42. The zero-order valence-corrected chi connectivity index (χ0v) is 24.6. The normalized spacial score (nSPS) is 16.5. The molecule has 0 aromatic heterocycles. The lowest BCUT2D eigenvalue weighted by Gasteiger charge is -2.33. The molecule has 3 rings (SSSR count). The lowest BCUT2D eigenvalue weighted by Crippen LogP contribution is -2.23. The van der Waals surface area contributed by atoms with E-state index in [0.29, 0.717) is 6.42 Å². The van der Waals surface area contributed by atoms with Crippen molar-refractivity contribution in [3.05, 3.63) is 57.6 Å². The summed E-state index contributed by atoms with van der Waals surface area (Å²) >= 11 is 0. The molecular formula is C30H46O3P+. The maximum atomic E-state index is 11.5. The van der Waals surface area contributed by atoms with Crippen LogP contribution in [0.1, 0.15) is 116 Å². The molecule has 0 atom stereocenters. The Morgan fingerprint density at radius 3 is 1.18 bits per heavy atom. The highest BCUT2D eigenvalue weighted by molar-refractivity contribution is 7.60. The van der Waals surface area contributed by atoms with Crippen LogP contribution in [0.4, 0.5) is 0 Å². The predicted octanol–water partition coefficient (Wildman–Crippen LogP) is 8.62. The highest BCUT2D eigenvalue weighted by Crippen LogP contribution is 2.59. The van der Waals surface area contributed by atoms with E-state index >= 15 is 0 Å². The second-order valence-electron chi connectivity index (χ2n) is 14.2. The van der Waals surface area contributed by atoms with E-state index in [9.17, 15) is 4.89 Å². The van der Waals surface area contributed by atoms with Crippen LogP contribution in [0.2, 0.25) is 0 Å². The smallest absolute Gasteiger partial charge is 0.277 e. The van der Waals surface area contributed by atoms with Crippen molar-refractivity contribution in [1.82, 2.24) is 0 Å². The molecule has 0 unspecified atom stereocenters. The summed E-state index contributed by atoms with van der Waals surface area (Å²) < 4.78 is 12.8. The van der Waals surface area contributed by atoms with Gasteiger partial charge < -0.3 is 0 Å². The molecule has 1 aliphatic rings. The maximum Gasteiger partial charge on any atom is 0.492 e. The molecule has 1 aliphatic heterocycles. The van der Waals surface area contributed by atoms with Crippen molar-refractivity contribution in [3.8, 4) is 11.5 Å². The van der Waals surface area contributed by atoms with Crippen LogP contribution in [0, 0.1) is 0 Å². The van der Waals surface area contributed by atoms with Gasteiger partial charge in [-0.1, -0.05) is 107 Å². The monoisotopic (exact) mass is 485 g/mol. The topological polar surface area (TPSA) is 38.7 Å². The fraction of sp³-hybridized carbons (Fsp3) is 0.600. The molecule has 2 aromatic rings. The van der Waals surface area contributed by atoms with Crippen LogP contribution in [-0.4, -0.2) is 11.6 Å². The summed E-state index contributed by atoms with van der Waals surface area (Å²) in [6, 6.07) is 9.07. The standard InChI is InChI=1S/C30H46O3P/c1-27(2,3)21-15-19-14-20-16-22(28(4,5)6)18-24(30(10,11)12)26(20)33-34(13,31)32-25(19)23(17-21)29(7,8)9/h15-18,31H,14H2,1-13H3/q+1. The number of fused-ring (bicyclic) bond motifs is 2. The van der Waals surface area contributed by atoms with Crippen LogP contribution < -0.4 is 9.05 Å². The minimum Gasteiger partial charge on any atom is -0.277 e. The van der Waals surface area contributed by atoms with Crippen LogP contribution in [0.3, 0.4) is 0 Å². The van der Waals surface area contributed by atoms with Gasteiger partial charge in [0.1, 0.15) is 6.66 Å². The van der Waals surface area contributed by atoms with Crippen molar-refractivity contribution in [2.45, 2.75) is 111 Å². The number of hydrogen-bond donors (Lipinski definition) is 1. The second kappa shape index (κ2) is 8.24. The molecule has 0 radical (unpaired) electrons. The van der Waals surface area contributed by atoms with Gasteiger partial charge in [-0.2, -0.15) is 4.89 Å². The minimum absolute atomic E-state index is 0.00177. The summed E-state index contributed by atoms with van der Waals surface area (Å²) in [6.45, 7) is 28.4. The van der Waals surface area contributed by atoms with E-state index in [4.69, 9.17) is 9.05 Å². The molecular weight excluding hydrogens is 439 g/mol. The first-order valence-electron chi connectivity index (χ1n) is 12.4. The van der Waals surface area contributed by atoms with Gasteiger partial charge in [-0.15, -0.1) is 0 Å². The molecule has 0 spiro atoms. The summed E-state index contributed by atoms with van der Waals surface area (Å²) in [5.41, 5.74) is 6.74. The fourth-order valence-corrected chi connectivity index (χ4v) is 5.54. The van der Waals surface area contributed by atoms with Crippen molar-refractivity contribution in [1.29, 1.82) is 0 Å². The molecule has 0 fully saturated rings. The molecule has 1 heterocycles. The Morgan fingerprint density at radius 1 is 0.588 bits per heavy atom. The number of hydrogen-bond acceptors (Lipinski definition) is 3. The van der Waals surface area contributed by atoms with E-state index in [1.165, 1.54) is 11.1 Å². The van der Waals surface area contributed by atoms with E-state index < -0.39 is 7.94 Å². The molecule has 3 nitrogen and oxygen atoms in total. The third kappa shape index (κ3) is 5.63. The number of rotatable bonds is 0. The highest BCUT2D eigenvalue weighted by Gasteiger charge is 2.44. The third-order valence-electron chi connectivity index (χ3n) is 6.58. The molecule has 2 aromatic carbocycles. The van der Waals surface area contributed by atoms with Crippen molar-refractivity contribution in [2.75, 3.05) is 6.66 Å². The molecule has 4 heteroatoms. The Hall–Kier alpha value is -1.57. The van der Waals surface area contributed by atoms with E-state index in [-0.39, 0.29) is 21.7 Å². The largest absolute Gasteiger partial charge is 0.492 e. The molecule has 34 heavy (non-hydrogen) atoms. The van der Waals surface area contributed by atoms with Gasteiger partial charge in [0.15, 0.2) is 11.5 Å². The summed E-state index contributed by atoms with van der Waals surface area (Å²) in [4.78, 5) is 11.5. The molecule has 0 bridgehead atoms. The molecule has 0 amide bonds. The predicted molar refractivity (Wildman–Crippen MR) is 147 cm³/mol. The van der Waals surface area contributed by atoms with Crippen LogP contribution in [0.25, 0.3) is 0 Å². The van der Waals surface area contributed by atoms with Crippen molar-refractivity contribution in [2.24, 2.45) is 0 Å². The Bertz CT molecular complexity index is 999. The average Bonchev–Trinajstić information content (AvgIpc) is 2.58. The van der Waals surface area contributed by atoms with Crippen molar-refractivity contribution < 1.29 is 13.9 Å². The van der Waals surface area contributed by atoms with Crippen LogP contribution in [-0.2, 0) is 28.1 Å². The van der Waals surface area contributed by atoms with Gasteiger partial charge in [-0.3, -0.25) is 9.05 Å². The van der Waals surface area contributed by atoms with Gasteiger partial charge in [-0.25, -0.2) is 0 Å². The second-order valence-corrected chi connectivity index (χ2v) is 16.2. The summed E-state index contributed by atoms with van der Waals surface area (Å²) in [7, 11) is -3.18. The molecule has 0 saturated carbocycles. The van der Waals surface area contributed by atoms with Crippen LogP contribution in [0.5, 0.6) is 11.5 Å². The zero-order chi connectivity index (χ0) is 26.1. The van der Waals surface area contributed by atoms with E-state index in [2.05, 4.69) is 107 Å². The summed E-state index contributed by atoms with van der Waals surface area (Å²) in [6.07, 6.45) is 0.699. The van der Waals surface area contributed by atoms with E-state index in [1.54, 1.807) is 6.66 Å². The van der Waals surface area contributed by atoms with Crippen LogP contribution in [0.15, 0.2) is 24.3 Å². The van der Waals surface area contributed by atoms with Gasteiger partial charge in [0.05, 0.1) is 0 Å². The van der Waals surface area contributed by atoms with Gasteiger partial charge >= 0.3 is 7.94 Å². The quantitative estimate of drug-likeness (QED) is 0.380. The van der Waals surface area contributed by atoms with Gasteiger partial charge in [0.2, 0.25) is 0 Å². The van der Waals surface area contributed by atoms with Crippen molar-refractivity contribution in [3.63, 3.8) is 0 Å². The van der Waals surface area contributed by atoms with E-state index in [0.717, 1.165) is 33.8 Å². The molecule has 1 N–H and O–H groups in total. The molecule has 0 aliphatic carbocycles. The Kier molecular flexibility index (Phi) is 6.55. The van der Waals surface area contributed by atoms with Gasteiger partial charge in [0.25, 0.3) is 0 Å². The third-order valence-corrected chi connectivity index (χ3v) is 7.62. The summed E-state index contributed by atoms with van der Waals surface area (Å²) in [5.74, 6) is 1.56. The Labute approximate surface area is 208 Å². The first-order chi connectivity index (χ1) is 15.1. The van der Waals surface area contributed by atoms with Crippen molar-refractivity contribution >= 4 is 7.94 Å². The van der Waals surface area contributed by atoms with Gasteiger partial charge in [0, 0.05) is 28.7 Å². The first-order valence-corrected chi connectivity index (χ1v) is 14.5. The number of benzene rings is 2. The zero-order valence-electron chi connectivity index (χ0n) is 23.7. The maximum absolute atomic E-state index is 11.5. The summed E-state index contributed by atoms with van der Waals surface area (Å²) in [5, 5.41) is 0. The molecule has 188 valence electrons. The lowest BCUT2D eigenvalue weighted by atomic mass is 9.76. The fourth-order valence-electron chi connectivity index (χ4n) is 4.40. The van der Waals surface area contributed by atoms with Crippen LogP contribution >= 0.6 is 7.94 Å². The van der Waals surface area contributed by atoms with Gasteiger partial charge in [-0.05, 0) is 32.8 Å². The average molecular weight is 486 g/mol. The minimum atomic E-state index is -3.18.